The van der Waals surface area contributed by atoms with Crippen molar-refractivity contribution in [2.45, 2.75) is 25.0 Å². The van der Waals surface area contributed by atoms with E-state index in [4.69, 9.17) is 9.47 Å². The zero-order valence-corrected chi connectivity index (χ0v) is 16.3. The number of fused-ring (bicyclic) bond motifs is 2. The fraction of sp³-hybridized carbons (Fsp3) is 0.381. The SMILES string of the molecule is CN1C=C(c2ccc3c([nH]c(=O)n3C)c2OC2CCOCC2)C2=CC=NC2C1=O. The Labute approximate surface area is 167 Å². The molecule has 1 saturated heterocycles. The summed E-state index contributed by atoms with van der Waals surface area (Å²) in [7, 11) is 3.46. The zero-order valence-electron chi connectivity index (χ0n) is 16.3. The van der Waals surface area contributed by atoms with Crippen LogP contribution in [0.15, 0.2) is 39.8 Å². The first-order chi connectivity index (χ1) is 14.0. The number of imidazole rings is 1. The molecule has 1 atom stereocenters. The lowest BCUT2D eigenvalue weighted by atomic mass is 9.90. The fourth-order valence-electron chi connectivity index (χ4n) is 4.13. The van der Waals surface area contributed by atoms with Gasteiger partial charge in [0.25, 0.3) is 5.91 Å². The van der Waals surface area contributed by atoms with Crippen LogP contribution in [0.5, 0.6) is 5.75 Å². The van der Waals surface area contributed by atoms with Gasteiger partial charge in [-0.15, -0.1) is 0 Å². The van der Waals surface area contributed by atoms with E-state index < -0.39 is 6.04 Å². The molecule has 0 saturated carbocycles. The number of aromatic amines is 1. The number of hydrogen-bond donors (Lipinski definition) is 1. The summed E-state index contributed by atoms with van der Waals surface area (Å²) in [4.78, 5) is 33.6. The molecule has 0 bridgehead atoms. The van der Waals surface area contributed by atoms with Crippen molar-refractivity contribution in [3.05, 3.63) is 46.0 Å². The number of nitrogens with one attached hydrogen (secondary N) is 1. The van der Waals surface area contributed by atoms with Gasteiger partial charge in [-0.2, -0.15) is 0 Å². The van der Waals surface area contributed by atoms with Crippen LogP contribution in [-0.2, 0) is 16.6 Å². The minimum Gasteiger partial charge on any atom is -0.487 e. The molecule has 1 amide bonds. The lowest BCUT2D eigenvalue weighted by Crippen LogP contribution is -2.36. The second-order valence-corrected chi connectivity index (χ2v) is 7.57. The van der Waals surface area contributed by atoms with Crippen LogP contribution in [0.1, 0.15) is 18.4 Å². The van der Waals surface area contributed by atoms with E-state index in [0.717, 1.165) is 35.1 Å². The Hall–Kier alpha value is -3.13. The first kappa shape index (κ1) is 17.9. The van der Waals surface area contributed by atoms with Gasteiger partial charge in [0.05, 0.1) is 18.7 Å². The third-order valence-electron chi connectivity index (χ3n) is 5.78. The number of allylic oxidation sites excluding steroid dienone is 1. The maximum absolute atomic E-state index is 12.5. The third-order valence-corrected chi connectivity index (χ3v) is 5.78. The number of ether oxygens (including phenoxy) is 2. The number of nitrogens with zero attached hydrogens (tertiary/aromatic N) is 3. The molecule has 29 heavy (non-hydrogen) atoms. The van der Waals surface area contributed by atoms with Crippen LogP contribution in [0, 0.1) is 0 Å². The first-order valence-corrected chi connectivity index (χ1v) is 9.73. The van der Waals surface area contributed by atoms with Gasteiger partial charge in [-0.25, -0.2) is 4.79 Å². The number of amides is 1. The molecule has 3 aliphatic heterocycles. The van der Waals surface area contributed by atoms with Crippen LogP contribution < -0.4 is 10.4 Å². The van der Waals surface area contributed by atoms with Crippen LogP contribution in [0.25, 0.3) is 16.6 Å². The average Bonchev–Trinajstić information content (AvgIpc) is 3.32. The number of benzene rings is 1. The molecular weight excluding hydrogens is 372 g/mol. The van der Waals surface area contributed by atoms with E-state index in [9.17, 15) is 9.59 Å². The van der Waals surface area contributed by atoms with Gasteiger partial charge in [0.1, 0.15) is 11.6 Å². The molecule has 0 radical (unpaired) electrons. The third kappa shape index (κ3) is 2.82. The van der Waals surface area contributed by atoms with Crippen molar-refractivity contribution in [1.29, 1.82) is 0 Å². The molecule has 1 fully saturated rings. The van der Waals surface area contributed by atoms with E-state index in [-0.39, 0.29) is 17.7 Å². The number of aliphatic imine (C=N–C) groups is 1. The topological polar surface area (TPSA) is 88.9 Å². The highest BCUT2D eigenvalue weighted by molar-refractivity contribution is 6.05. The molecule has 1 unspecified atom stereocenters. The summed E-state index contributed by atoms with van der Waals surface area (Å²) in [6.07, 6.45) is 6.95. The van der Waals surface area contributed by atoms with Crippen molar-refractivity contribution >= 4 is 28.7 Å². The standard InChI is InChI=1S/C21H22N4O4/c1-24-11-15(13-5-8-22-17(13)20(24)26)14-3-4-16-18(23-21(27)25(16)2)19(14)29-12-6-9-28-10-7-12/h3-5,8,11-12,17H,6-7,9-10H2,1-2H3,(H,23,27). The summed E-state index contributed by atoms with van der Waals surface area (Å²) >= 11 is 0. The normalized spacial score (nSPS) is 22.1. The highest BCUT2D eigenvalue weighted by atomic mass is 16.5. The van der Waals surface area contributed by atoms with Gasteiger partial charge in [-0.05, 0) is 23.8 Å². The van der Waals surface area contributed by atoms with Crippen molar-refractivity contribution in [2.75, 3.05) is 20.3 Å². The number of likely N-dealkylation sites (N-methyl/N-ethyl adjacent to an activating group) is 1. The second kappa shape index (κ2) is 6.73. The van der Waals surface area contributed by atoms with E-state index in [2.05, 4.69) is 9.98 Å². The molecule has 8 nitrogen and oxygen atoms in total. The number of aryl methyl sites for hydroxylation is 1. The van der Waals surface area contributed by atoms with Crippen molar-refractivity contribution in [3.8, 4) is 5.75 Å². The van der Waals surface area contributed by atoms with Gasteiger partial charge >= 0.3 is 5.69 Å². The Bertz CT molecular complexity index is 1150. The van der Waals surface area contributed by atoms with Gasteiger partial charge in [0.2, 0.25) is 0 Å². The molecule has 4 heterocycles. The van der Waals surface area contributed by atoms with Crippen molar-refractivity contribution in [1.82, 2.24) is 14.5 Å². The quantitative estimate of drug-likeness (QED) is 0.857. The van der Waals surface area contributed by atoms with E-state index in [1.54, 1.807) is 29.8 Å². The van der Waals surface area contributed by atoms with Crippen LogP contribution in [-0.4, -0.2) is 59.0 Å². The Kier molecular flexibility index (Phi) is 4.16. The fourth-order valence-corrected chi connectivity index (χ4v) is 4.13. The summed E-state index contributed by atoms with van der Waals surface area (Å²) < 4.78 is 13.5. The van der Waals surface area contributed by atoms with Crippen LogP contribution in [0.4, 0.5) is 0 Å². The molecule has 2 aromatic rings. The Morgan fingerprint density at radius 3 is 2.79 bits per heavy atom. The van der Waals surface area contributed by atoms with Gasteiger partial charge in [0.15, 0.2) is 11.8 Å². The molecule has 0 spiro atoms. The predicted molar refractivity (Wildman–Crippen MR) is 109 cm³/mol. The number of carbonyl (C=O) groups excluding carboxylic acids is 1. The van der Waals surface area contributed by atoms with Crippen molar-refractivity contribution < 1.29 is 14.3 Å². The predicted octanol–water partition coefficient (Wildman–Crippen LogP) is 1.62. The van der Waals surface area contributed by atoms with E-state index in [1.165, 1.54) is 0 Å². The molecule has 5 rings (SSSR count). The van der Waals surface area contributed by atoms with E-state index in [1.807, 2.05) is 24.4 Å². The highest BCUT2D eigenvalue weighted by Crippen LogP contribution is 2.41. The minimum absolute atomic E-state index is 0.00460. The average molecular weight is 394 g/mol. The largest absolute Gasteiger partial charge is 0.487 e. The van der Waals surface area contributed by atoms with Crippen molar-refractivity contribution in [2.24, 2.45) is 12.0 Å². The molecule has 1 aromatic carbocycles. The number of aromatic nitrogens is 2. The number of hydrogen-bond acceptors (Lipinski definition) is 5. The molecule has 150 valence electrons. The minimum atomic E-state index is -0.526. The molecule has 1 aromatic heterocycles. The van der Waals surface area contributed by atoms with Crippen LogP contribution >= 0.6 is 0 Å². The van der Waals surface area contributed by atoms with E-state index >= 15 is 0 Å². The monoisotopic (exact) mass is 394 g/mol. The van der Waals surface area contributed by atoms with Gasteiger partial charge in [0, 0.05) is 50.5 Å². The Morgan fingerprint density at radius 1 is 1.21 bits per heavy atom. The lowest BCUT2D eigenvalue weighted by molar-refractivity contribution is -0.128. The summed E-state index contributed by atoms with van der Waals surface area (Å²) in [5.41, 5.74) is 3.81. The molecule has 0 aliphatic carbocycles. The Balaban J connectivity index is 1.69. The number of rotatable bonds is 3. The summed E-state index contributed by atoms with van der Waals surface area (Å²) in [5, 5.41) is 0. The molecule has 3 aliphatic rings. The zero-order chi connectivity index (χ0) is 20.1. The lowest BCUT2D eigenvalue weighted by Gasteiger charge is -2.29. The number of H-pyrrole nitrogens is 1. The van der Waals surface area contributed by atoms with Crippen LogP contribution in [0.2, 0.25) is 0 Å². The smallest absolute Gasteiger partial charge is 0.326 e. The number of carbonyl (C=O) groups is 1. The molecular formula is C21H22N4O4. The summed E-state index contributed by atoms with van der Waals surface area (Å²) in [6, 6.07) is 3.33. The first-order valence-electron chi connectivity index (χ1n) is 9.73. The maximum atomic E-state index is 12.5. The summed E-state index contributed by atoms with van der Waals surface area (Å²) in [6.45, 7) is 1.31. The highest BCUT2D eigenvalue weighted by Gasteiger charge is 2.35. The molecule has 1 N–H and O–H groups in total. The van der Waals surface area contributed by atoms with Crippen molar-refractivity contribution in [3.63, 3.8) is 0 Å². The van der Waals surface area contributed by atoms with Gasteiger partial charge < -0.3 is 19.4 Å². The summed E-state index contributed by atoms with van der Waals surface area (Å²) in [5.74, 6) is 0.572. The second-order valence-electron chi connectivity index (χ2n) is 7.57. The Morgan fingerprint density at radius 2 is 2.00 bits per heavy atom. The molecule has 8 heteroatoms. The van der Waals surface area contributed by atoms with Gasteiger partial charge in [-0.3, -0.25) is 14.4 Å². The van der Waals surface area contributed by atoms with E-state index in [0.29, 0.717) is 24.5 Å². The van der Waals surface area contributed by atoms with Crippen LogP contribution in [0.3, 0.4) is 0 Å². The van der Waals surface area contributed by atoms with Gasteiger partial charge in [-0.1, -0.05) is 0 Å². The maximum Gasteiger partial charge on any atom is 0.326 e.